The van der Waals surface area contributed by atoms with Gasteiger partial charge in [-0.25, -0.2) is 0 Å². The Kier molecular flexibility index (Phi) is 5.36. The summed E-state index contributed by atoms with van der Waals surface area (Å²) in [5.74, 6) is -0.344. The van der Waals surface area contributed by atoms with E-state index in [4.69, 9.17) is 14.6 Å². The molecule has 1 aromatic carbocycles. The number of benzene rings is 1. The van der Waals surface area contributed by atoms with Crippen LogP contribution in [0.15, 0.2) is 47.3 Å². The number of nitrogens with one attached hydrogen (secondary N) is 1. The number of ether oxygens (including phenoxy) is 1. The third-order valence-electron chi connectivity index (χ3n) is 6.15. The predicted molar refractivity (Wildman–Crippen MR) is 109 cm³/mol. The molecule has 3 fully saturated rings. The lowest BCUT2D eigenvalue weighted by Crippen LogP contribution is -2.49. The van der Waals surface area contributed by atoms with Crippen LogP contribution in [-0.4, -0.2) is 63.0 Å². The van der Waals surface area contributed by atoms with Crippen LogP contribution in [0.1, 0.15) is 40.6 Å². The second-order valence-electron chi connectivity index (χ2n) is 7.82. The molecule has 0 aliphatic carbocycles. The van der Waals surface area contributed by atoms with Crippen molar-refractivity contribution < 1.29 is 24.2 Å². The van der Waals surface area contributed by atoms with Crippen molar-refractivity contribution in [3.63, 3.8) is 0 Å². The van der Waals surface area contributed by atoms with E-state index >= 15 is 0 Å². The average Bonchev–Trinajstić information content (AvgIpc) is 3.37. The Hall–Kier alpha value is -3.46. The lowest BCUT2D eigenvalue weighted by Gasteiger charge is -2.31. The molecule has 1 aromatic heterocycles. The summed E-state index contributed by atoms with van der Waals surface area (Å²) >= 11 is 0. The summed E-state index contributed by atoms with van der Waals surface area (Å²) in [5.41, 5.74) is 0.641. The maximum Gasteiger partial charge on any atom is 0.290 e. The van der Waals surface area contributed by atoms with Crippen LogP contribution in [0.5, 0.6) is 0 Å². The maximum absolute atomic E-state index is 13.1. The van der Waals surface area contributed by atoms with Crippen LogP contribution in [0.2, 0.25) is 0 Å². The Labute approximate surface area is 178 Å². The van der Waals surface area contributed by atoms with Gasteiger partial charge in [0.2, 0.25) is 5.91 Å². The molecule has 3 aliphatic rings. The average molecular weight is 425 g/mol. The molecule has 5 rings (SSSR count). The number of carboxylic acid groups (broad SMARTS) is 1. The molecule has 0 radical (unpaired) electrons. The van der Waals surface area contributed by atoms with Crippen LogP contribution in [-0.2, 0) is 14.3 Å². The van der Waals surface area contributed by atoms with E-state index in [1.165, 1.54) is 0 Å². The third kappa shape index (κ3) is 3.40. The standard InChI is InChI=1S/C21H21N3O4.CH2O2/c1-13-7-8-15(19(26)22-13)20(27)23-10-9-21-17(23)11-18(25)24(21)12-16(28-21)14-5-3-2-4-6-14;2-1-3/h2-8,16-17H,9-12H2,1H3,(H,22,26);1H,(H,2,3)/t16-,17-,21+;/m1./s1. The molecule has 3 atom stereocenters. The number of rotatable bonds is 2. The summed E-state index contributed by atoms with van der Waals surface area (Å²) in [7, 11) is 0. The van der Waals surface area contributed by atoms with Gasteiger partial charge in [0, 0.05) is 18.7 Å². The first kappa shape index (κ1) is 20.8. The number of pyridine rings is 1. The second-order valence-corrected chi connectivity index (χ2v) is 7.82. The Bertz CT molecular complexity index is 1070. The number of likely N-dealkylation sites (tertiary alicyclic amines) is 1. The molecule has 1 spiro atoms. The first-order chi connectivity index (χ1) is 14.9. The maximum atomic E-state index is 13.1. The number of amides is 2. The fourth-order valence-corrected chi connectivity index (χ4v) is 4.80. The number of hydrogen-bond acceptors (Lipinski definition) is 5. The smallest absolute Gasteiger partial charge is 0.290 e. The highest BCUT2D eigenvalue weighted by Gasteiger charge is 2.65. The molecule has 3 aliphatic heterocycles. The molecule has 2 amide bonds. The van der Waals surface area contributed by atoms with Crippen molar-refractivity contribution >= 4 is 18.3 Å². The number of aromatic nitrogens is 1. The number of nitrogens with zero attached hydrogens (tertiary/aromatic N) is 2. The Morgan fingerprint density at radius 1 is 1.23 bits per heavy atom. The molecule has 3 saturated heterocycles. The number of carbonyl (C=O) groups excluding carboxylic acids is 2. The van der Waals surface area contributed by atoms with E-state index in [2.05, 4.69) is 4.98 Å². The van der Waals surface area contributed by atoms with Gasteiger partial charge in [-0.1, -0.05) is 30.3 Å². The molecular weight excluding hydrogens is 402 g/mol. The van der Waals surface area contributed by atoms with Crippen LogP contribution in [0.3, 0.4) is 0 Å². The van der Waals surface area contributed by atoms with E-state index < -0.39 is 11.3 Å². The minimum atomic E-state index is -0.787. The molecule has 2 N–H and O–H groups in total. The van der Waals surface area contributed by atoms with E-state index in [0.717, 1.165) is 5.56 Å². The molecular formula is C22H23N3O6. The number of hydrogen-bond donors (Lipinski definition) is 2. The van der Waals surface area contributed by atoms with Gasteiger partial charge in [-0.15, -0.1) is 0 Å². The highest BCUT2D eigenvalue weighted by molar-refractivity contribution is 5.95. The first-order valence-electron chi connectivity index (χ1n) is 10.0. The number of aromatic amines is 1. The number of aryl methyl sites for hydroxylation is 1. The zero-order valence-corrected chi connectivity index (χ0v) is 17.0. The molecule has 162 valence electrons. The summed E-state index contributed by atoms with van der Waals surface area (Å²) in [5, 5.41) is 6.89. The van der Waals surface area contributed by atoms with Crippen molar-refractivity contribution in [1.82, 2.24) is 14.8 Å². The van der Waals surface area contributed by atoms with Crippen molar-refractivity contribution in [2.45, 2.75) is 37.6 Å². The number of carbonyl (C=O) groups is 3. The summed E-state index contributed by atoms with van der Waals surface area (Å²) in [6.45, 7) is 2.47. The second kappa shape index (κ2) is 7.99. The van der Waals surface area contributed by atoms with Crippen LogP contribution in [0.4, 0.5) is 0 Å². The molecule has 9 nitrogen and oxygen atoms in total. The highest BCUT2D eigenvalue weighted by atomic mass is 16.5. The van der Waals surface area contributed by atoms with E-state index in [-0.39, 0.29) is 42.4 Å². The summed E-state index contributed by atoms with van der Waals surface area (Å²) in [6.07, 6.45) is 0.588. The topological polar surface area (TPSA) is 120 Å². The first-order valence-corrected chi connectivity index (χ1v) is 10.0. The van der Waals surface area contributed by atoms with Gasteiger partial charge in [-0.05, 0) is 24.6 Å². The largest absolute Gasteiger partial charge is 0.483 e. The molecule has 2 aromatic rings. The van der Waals surface area contributed by atoms with Gasteiger partial charge in [0.15, 0.2) is 5.72 Å². The monoisotopic (exact) mass is 425 g/mol. The molecule has 0 saturated carbocycles. The Morgan fingerprint density at radius 2 is 1.94 bits per heavy atom. The van der Waals surface area contributed by atoms with Gasteiger partial charge in [0.1, 0.15) is 11.7 Å². The number of H-pyrrole nitrogens is 1. The summed E-state index contributed by atoms with van der Waals surface area (Å²) in [4.78, 5) is 52.5. The molecule has 9 heteroatoms. The van der Waals surface area contributed by atoms with Crippen molar-refractivity contribution in [3.8, 4) is 0 Å². The molecule has 4 heterocycles. The van der Waals surface area contributed by atoms with E-state index in [1.54, 1.807) is 28.9 Å². The third-order valence-corrected chi connectivity index (χ3v) is 6.15. The molecule has 31 heavy (non-hydrogen) atoms. The fourth-order valence-electron chi connectivity index (χ4n) is 4.80. The highest BCUT2D eigenvalue weighted by Crippen LogP contribution is 2.50. The summed E-state index contributed by atoms with van der Waals surface area (Å²) < 4.78 is 6.44. The van der Waals surface area contributed by atoms with E-state index in [1.807, 2.05) is 30.3 Å². The lowest BCUT2D eigenvalue weighted by atomic mass is 10.1. The predicted octanol–water partition coefficient (Wildman–Crippen LogP) is 1.30. The van der Waals surface area contributed by atoms with Gasteiger partial charge in [-0.3, -0.25) is 19.2 Å². The van der Waals surface area contributed by atoms with Crippen LogP contribution in [0, 0.1) is 6.92 Å². The zero-order valence-electron chi connectivity index (χ0n) is 17.0. The van der Waals surface area contributed by atoms with Crippen molar-refractivity contribution in [2.24, 2.45) is 0 Å². The minimum absolute atomic E-state index is 0.00116. The normalized spacial score (nSPS) is 26.2. The van der Waals surface area contributed by atoms with Crippen LogP contribution < -0.4 is 5.56 Å². The zero-order chi connectivity index (χ0) is 22.2. The van der Waals surface area contributed by atoms with Gasteiger partial charge in [0.05, 0.1) is 19.0 Å². The lowest BCUT2D eigenvalue weighted by molar-refractivity contribution is -0.138. The van der Waals surface area contributed by atoms with Crippen LogP contribution in [0.25, 0.3) is 0 Å². The quantitative estimate of drug-likeness (QED) is 0.700. The van der Waals surface area contributed by atoms with Crippen molar-refractivity contribution in [2.75, 3.05) is 13.1 Å². The van der Waals surface area contributed by atoms with Crippen molar-refractivity contribution in [3.05, 3.63) is 69.6 Å². The van der Waals surface area contributed by atoms with Crippen LogP contribution >= 0.6 is 0 Å². The van der Waals surface area contributed by atoms with Gasteiger partial charge < -0.3 is 24.6 Å². The fraction of sp³-hybridized carbons (Fsp3) is 0.364. The van der Waals surface area contributed by atoms with Crippen molar-refractivity contribution in [1.29, 1.82) is 0 Å². The Balaban J connectivity index is 0.000000730. The van der Waals surface area contributed by atoms with Gasteiger partial charge >= 0.3 is 0 Å². The minimum Gasteiger partial charge on any atom is -0.483 e. The SMILES string of the molecule is Cc1ccc(C(=O)N2CC[C@@]34O[C@@H](c5ccccc5)CN3C(=O)C[C@@H]24)c(=O)[nH]1.O=CO. The van der Waals surface area contributed by atoms with E-state index in [9.17, 15) is 14.4 Å². The Morgan fingerprint density at radius 3 is 2.61 bits per heavy atom. The molecule has 0 bridgehead atoms. The molecule has 0 unspecified atom stereocenters. The summed E-state index contributed by atoms with van der Waals surface area (Å²) in [6, 6.07) is 12.7. The van der Waals surface area contributed by atoms with Gasteiger partial charge in [-0.2, -0.15) is 0 Å². The van der Waals surface area contributed by atoms with E-state index in [0.29, 0.717) is 25.2 Å². The van der Waals surface area contributed by atoms with Gasteiger partial charge in [0.25, 0.3) is 17.9 Å².